The molecule has 156 valence electrons. The molecule has 1 atom stereocenters. The highest BCUT2D eigenvalue weighted by Crippen LogP contribution is 2.31. The number of nitrogens with one attached hydrogen (secondary N) is 1. The van der Waals surface area contributed by atoms with Gasteiger partial charge in [-0.25, -0.2) is 17.6 Å². The molecule has 1 N–H and O–H groups in total. The lowest BCUT2D eigenvalue weighted by molar-refractivity contribution is 0.101. The van der Waals surface area contributed by atoms with Crippen molar-refractivity contribution in [2.75, 3.05) is 19.4 Å². The normalized spacial score (nSPS) is 16.2. The largest absolute Gasteiger partial charge is 0.322 e. The third kappa shape index (κ3) is 5.36. The Morgan fingerprint density at radius 3 is 2.17 bits per heavy atom. The van der Waals surface area contributed by atoms with Crippen LogP contribution in [0, 0.1) is 23.3 Å². The van der Waals surface area contributed by atoms with Crippen molar-refractivity contribution < 1.29 is 22.4 Å². The minimum atomic E-state index is -1.32. The zero-order chi connectivity index (χ0) is 20.4. The van der Waals surface area contributed by atoms with Crippen LogP contribution in [0.1, 0.15) is 35.2 Å². The summed E-state index contributed by atoms with van der Waals surface area (Å²) in [6.45, 7) is 0. The van der Waals surface area contributed by atoms with Crippen molar-refractivity contribution >= 4 is 29.6 Å². The number of hydrogen-bond donors (Lipinski definition) is 1. The van der Waals surface area contributed by atoms with E-state index in [1.165, 1.54) is 6.07 Å². The Morgan fingerprint density at radius 2 is 1.62 bits per heavy atom. The van der Waals surface area contributed by atoms with E-state index in [4.69, 9.17) is 0 Å². The fourth-order valence-corrected chi connectivity index (χ4v) is 3.35. The molecule has 1 aliphatic carbocycles. The van der Waals surface area contributed by atoms with E-state index in [1.54, 1.807) is 6.07 Å². The SMILES string of the molecule is CN(C)C1CC=C(c2cc(F)cc(NC(=O)c3c(F)cc(F)cc3F)c2)CC1.Cl. The third-order valence-corrected chi connectivity index (χ3v) is 4.87. The molecule has 0 aliphatic heterocycles. The number of allylic oxidation sites excluding steroid dienone is 1. The number of rotatable bonds is 4. The first-order valence-electron chi connectivity index (χ1n) is 8.87. The Kier molecular flexibility index (Phi) is 7.43. The van der Waals surface area contributed by atoms with Crippen molar-refractivity contribution in [3.63, 3.8) is 0 Å². The topological polar surface area (TPSA) is 32.3 Å². The lowest BCUT2D eigenvalue weighted by Crippen LogP contribution is -2.29. The van der Waals surface area contributed by atoms with Crippen LogP contribution in [0.4, 0.5) is 23.2 Å². The Hall–Kier alpha value is -2.38. The molecule has 0 spiro atoms. The van der Waals surface area contributed by atoms with Gasteiger partial charge in [0.25, 0.3) is 5.91 Å². The van der Waals surface area contributed by atoms with Gasteiger partial charge < -0.3 is 10.2 Å². The zero-order valence-corrected chi connectivity index (χ0v) is 16.8. The predicted octanol–water partition coefficient (Wildman–Crippen LogP) is 5.41. The van der Waals surface area contributed by atoms with Gasteiger partial charge >= 0.3 is 0 Å². The van der Waals surface area contributed by atoms with Gasteiger partial charge in [-0.2, -0.15) is 0 Å². The maximum atomic E-state index is 14.1. The highest BCUT2D eigenvalue weighted by molar-refractivity contribution is 6.04. The van der Waals surface area contributed by atoms with Crippen LogP contribution in [0.15, 0.2) is 36.4 Å². The van der Waals surface area contributed by atoms with Crippen molar-refractivity contribution in [1.29, 1.82) is 0 Å². The average Bonchev–Trinajstić information content (AvgIpc) is 2.60. The molecule has 1 unspecified atom stereocenters. The number of anilines is 1. The van der Waals surface area contributed by atoms with Crippen LogP contribution >= 0.6 is 12.4 Å². The first-order valence-corrected chi connectivity index (χ1v) is 8.87. The molecule has 3 nitrogen and oxygen atoms in total. The molecular weight excluding hydrogens is 408 g/mol. The van der Waals surface area contributed by atoms with E-state index in [0.29, 0.717) is 23.7 Å². The summed E-state index contributed by atoms with van der Waals surface area (Å²) in [5.41, 5.74) is 0.705. The molecule has 0 heterocycles. The van der Waals surface area contributed by atoms with E-state index < -0.39 is 34.7 Å². The van der Waals surface area contributed by atoms with Crippen LogP contribution in [-0.2, 0) is 0 Å². The van der Waals surface area contributed by atoms with E-state index in [-0.39, 0.29) is 18.1 Å². The molecule has 0 saturated heterocycles. The molecule has 2 aromatic rings. The van der Waals surface area contributed by atoms with E-state index in [0.717, 1.165) is 30.9 Å². The summed E-state index contributed by atoms with van der Waals surface area (Å²) in [5, 5.41) is 2.29. The van der Waals surface area contributed by atoms with Crippen molar-refractivity contribution in [2.24, 2.45) is 0 Å². The second kappa shape index (κ2) is 9.41. The second-order valence-corrected chi connectivity index (χ2v) is 7.05. The van der Waals surface area contributed by atoms with Gasteiger partial charge in [0.1, 0.15) is 28.8 Å². The van der Waals surface area contributed by atoms with Gasteiger partial charge in [0.05, 0.1) is 0 Å². The first kappa shape index (κ1) is 22.9. The van der Waals surface area contributed by atoms with E-state index in [9.17, 15) is 22.4 Å². The molecule has 0 radical (unpaired) electrons. The number of halogens is 5. The fourth-order valence-electron chi connectivity index (χ4n) is 3.35. The quantitative estimate of drug-likeness (QED) is 0.660. The molecule has 0 aromatic heterocycles. The van der Waals surface area contributed by atoms with Gasteiger partial charge in [0, 0.05) is 23.9 Å². The first-order chi connectivity index (χ1) is 13.2. The predicted molar refractivity (Wildman–Crippen MR) is 107 cm³/mol. The second-order valence-electron chi connectivity index (χ2n) is 7.05. The number of carbonyl (C=O) groups excluding carboxylic acids is 1. The highest BCUT2D eigenvalue weighted by atomic mass is 35.5. The van der Waals surface area contributed by atoms with Crippen molar-refractivity contribution in [1.82, 2.24) is 4.90 Å². The van der Waals surface area contributed by atoms with Crippen LogP contribution in [0.2, 0.25) is 0 Å². The standard InChI is InChI=1S/C21H20F4N2O.ClH/c1-27(2)17-5-3-12(4-6-17)13-7-14(22)9-16(8-13)26-21(28)20-18(24)10-15(23)11-19(20)25;/h3,7-11,17H,4-6H2,1-2H3,(H,26,28);1H. The van der Waals surface area contributed by atoms with Crippen molar-refractivity contribution in [3.8, 4) is 0 Å². The molecular formula is C21H21ClF4N2O. The van der Waals surface area contributed by atoms with Crippen molar-refractivity contribution in [3.05, 3.63) is 70.8 Å². The molecule has 2 aromatic carbocycles. The molecule has 8 heteroatoms. The monoisotopic (exact) mass is 428 g/mol. The zero-order valence-electron chi connectivity index (χ0n) is 15.9. The summed E-state index contributed by atoms with van der Waals surface area (Å²) >= 11 is 0. The van der Waals surface area contributed by atoms with Gasteiger partial charge in [-0.3, -0.25) is 4.79 Å². The van der Waals surface area contributed by atoms with Gasteiger partial charge in [0.15, 0.2) is 0 Å². The van der Waals surface area contributed by atoms with Crippen molar-refractivity contribution in [2.45, 2.75) is 25.3 Å². The number of amides is 1. The highest BCUT2D eigenvalue weighted by Gasteiger charge is 2.21. The minimum Gasteiger partial charge on any atom is -0.322 e. The van der Waals surface area contributed by atoms with Crippen LogP contribution in [0.5, 0.6) is 0 Å². The summed E-state index contributed by atoms with van der Waals surface area (Å²) in [6, 6.07) is 5.23. The third-order valence-electron chi connectivity index (χ3n) is 4.87. The lowest BCUT2D eigenvalue weighted by Gasteiger charge is -2.27. The lowest BCUT2D eigenvalue weighted by atomic mass is 9.90. The number of nitrogens with zero attached hydrogens (tertiary/aromatic N) is 1. The maximum Gasteiger partial charge on any atom is 0.261 e. The Bertz CT molecular complexity index is 923. The molecule has 0 saturated carbocycles. The summed E-state index contributed by atoms with van der Waals surface area (Å²) in [4.78, 5) is 14.4. The smallest absolute Gasteiger partial charge is 0.261 e. The molecule has 1 amide bonds. The molecule has 1 aliphatic rings. The molecule has 29 heavy (non-hydrogen) atoms. The van der Waals surface area contributed by atoms with Gasteiger partial charge in [-0.05, 0) is 62.7 Å². The Morgan fingerprint density at radius 1 is 1.00 bits per heavy atom. The van der Waals surface area contributed by atoms with Crippen LogP contribution < -0.4 is 5.32 Å². The summed E-state index contributed by atoms with van der Waals surface area (Å²) in [5.74, 6) is -5.46. The van der Waals surface area contributed by atoms with Gasteiger partial charge in [-0.1, -0.05) is 6.08 Å². The minimum absolute atomic E-state index is 0. The average molecular weight is 429 g/mol. The van der Waals surface area contributed by atoms with Gasteiger partial charge in [0.2, 0.25) is 0 Å². The van der Waals surface area contributed by atoms with E-state index in [2.05, 4.69) is 10.2 Å². The number of carbonyl (C=O) groups is 1. The summed E-state index contributed by atoms with van der Waals surface area (Å²) in [6.07, 6.45) is 4.53. The summed E-state index contributed by atoms with van der Waals surface area (Å²) in [7, 11) is 4.01. The van der Waals surface area contributed by atoms with Crippen LogP contribution in [-0.4, -0.2) is 30.9 Å². The van der Waals surface area contributed by atoms with Crippen LogP contribution in [0.25, 0.3) is 5.57 Å². The molecule has 0 bridgehead atoms. The number of benzene rings is 2. The van der Waals surface area contributed by atoms with E-state index in [1.807, 2.05) is 20.2 Å². The summed E-state index contributed by atoms with van der Waals surface area (Å²) < 4.78 is 54.7. The number of hydrogen-bond acceptors (Lipinski definition) is 2. The van der Waals surface area contributed by atoms with E-state index >= 15 is 0 Å². The molecule has 3 rings (SSSR count). The maximum absolute atomic E-state index is 14.1. The molecule has 0 fully saturated rings. The van der Waals surface area contributed by atoms with Crippen LogP contribution in [0.3, 0.4) is 0 Å². The Labute approximate surface area is 172 Å². The van der Waals surface area contributed by atoms with Gasteiger partial charge in [-0.15, -0.1) is 12.4 Å². The fraction of sp³-hybridized carbons (Fsp3) is 0.286. The Balaban J connectivity index is 0.00000300.